The van der Waals surface area contributed by atoms with Gasteiger partial charge in [-0.05, 0) is 71.6 Å². The van der Waals surface area contributed by atoms with Gasteiger partial charge in [-0.1, -0.05) is 84.0 Å². The molecule has 6 rings (SSSR count). The van der Waals surface area contributed by atoms with E-state index in [0.717, 1.165) is 17.0 Å². The molecule has 51 heavy (non-hydrogen) atoms. The highest BCUT2D eigenvalue weighted by molar-refractivity contribution is 7.89. The molecule has 0 bridgehead atoms. The van der Waals surface area contributed by atoms with Crippen LogP contribution in [0.4, 0.5) is 0 Å². The first-order chi connectivity index (χ1) is 24.0. The fraction of sp³-hybridized carbons (Fsp3) is 0.118. The molecule has 6 aromatic rings. The van der Waals surface area contributed by atoms with Crippen LogP contribution in [-0.2, 0) is 20.0 Å². The van der Waals surface area contributed by atoms with Crippen LogP contribution in [0.1, 0.15) is 40.1 Å². The third kappa shape index (κ3) is 12.2. The van der Waals surface area contributed by atoms with E-state index in [9.17, 15) is 26.4 Å². The molecule has 10 nitrogen and oxygen atoms in total. The lowest BCUT2D eigenvalue weighted by molar-refractivity contribution is 0.103. The summed E-state index contributed by atoms with van der Waals surface area (Å²) in [7, 11) is -2.14. The number of nitrogens with one attached hydrogen (secondary N) is 2. The average Bonchev–Trinajstić information content (AvgIpc) is 3.75. The molecule has 2 heterocycles. The monoisotopic (exact) mass is 824 g/mol. The van der Waals surface area contributed by atoms with Gasteiger partial charge in [0, 0.05) is 45.5 Å². The van der Waals surface area contributed by atoms with Gasteiger partial charge in [0.15, 0.2) is 5.78 Å². The first kappa shape index (κ1) is 42.2. The standard InChI is InChI=1S/C15H11ClN2O3S.C8H7N.C7H5Cl2NO3S.2C2H5.Al.ClH/c16-12-6-5-9(7-14(12)22(17,20)21)15(19)11-8-18-13-4-2-1-3-10(11)13;1-2-4-8-7(3-1)5-6-9-8;8-5-2-1-4(7(9)11)3-6(5)14(10,12)13;2*1-2;;/h1-8,18H,(H2,17,20,21);1-6,9H;1-3H,(H2,10,12,13);2*1H2,2H3;;1H/q;;;;;+1;/p-1. The summed E-state index contributed by atoms with van der Waals surface area (Å²) in [5.74, 6) is -0.306. The summed E-state index contributed by atoms with van der Waals surface area (Å²) < 4.78 is 44.9. The van der Waals surface area contributed by atoms with Crippen molar-refractivity contribution in [3.05, 3.63) is 130 Å². The Bertz CT molecular complexity index is 2330. The van der Waals surface area contributed by atoms with Crippen molar-refractivity contribution in [3.63, 3.8) is 0 Å². The van der Waals surface area contributed by atoms with Crippen LogP contribution in [0.25, 0.3) is 21.8 Å². The van der Waals surface area contributed by atoms with Gasteiger partial charge in [-0.2, -0.15) is 0 Å². The largest absolute Gasteiger partial charge is 0.399 e. The molecule has 0 aliphatic carbocycles. The number of carbonyl (C=O) groups excluding carboxylic acids is 2. The van der Waals surface area contributed by atoms with Crippen molar-refractivity contribution in [1.82, 2.24) is 9.97 Å². The summed E-state index contributed by atoms with van der Waals surface area (Å²) in [6, 6.07) is 25.2. The molecule has 0 atom stereocenters. The summed E-state index contributed by atoms with van der Waals surface area (Å²) in [5, 5.41) is 13.6. The quantitative estimate of drug-likeness (QED) is 0.0710. The molecule has 6 N–H and O–H groups in total. The number of hydrogen-bond acceptors (Lipinski definition) is 6. The van der Waals surface area contributed by atoms with E-state index in [1.807, 2.05) is 42.6 Å². The molecule has 268 valence electrons. The number of sulfonamides is 2. The van der Waals surface area contributed by atoms with Crippen molar-refractivity contribution in [1.29, 1.82) is 0 Å². The summed E-state index contributed by atoms with van der Waals surface area (Å²) in [6.45, 7) is 4.32. The Balaban J connectivity index is 0.000000206. The molecule has 2 aromatic heterocycles. The molecule has 4 aromatic carbocycles. The SMILES string of the molecule is C[CH2][Al]([Cl])[CH2]C.NS(=O)(=O)c1cc(C(=O)Cl)ccc1Cl.NS(=O)(=O)c1cc(C(=O)c2c[nH]c3ccccc23)ccc1Cl.c1ccc2[nH]ccc2c1. The van der Waals surface area contributed by atoms with E-state index in [1.54, 1.807) is 6.20 Å². The number of halogens is 4. The number of aromatic nitrogens is 2. The smallest absolute Gasteiger partial charge is 0.361 e. The molecule has 0 saturated heterocycles. The lowest BCUT2D eigenvalue weighted by Gasteiger charge is -2.05. The number of carbonyl (C=O) groups is 2. The van der Waals surface area contributed by atoms with E-state index in [-0.39, 0.29) is 36.7 Å². The third-order valence-corrected chi connectivity index (χ3v) is 13.8. The Labute approximate surface area is 319 Å². The lowest BCUT2D eigenvalue weighted by atomic mass is 10.0. The number of aromatic amines is 2. The van der Waals surface area contributed by atoms with E-state index >= 15 is 0 Å². The molecule has 0 spiro atoms. The molecule has 0 amide bonds. The Morgan fingerprint density at radius 1 is 0.706 bits per heavy atom. The van der Waals surface area contributed by atoms with E-state index in [4.69, 9.17) is 55.1 Å². The number of para-hydroxylation sites is 2. The predicted octanol–water partition coefficient (Wildman–Crippen LogP) is 8.49. The van der Waals surface area contributed by atoms with Crippen LogP contribution < -0.4 is 10.3 Å². The van der Waals surface area contributed by atoms with Crippen molar-refractivity contribution in [2.24, 2.45) is 10.3 Å². The molecule has 17 heteroatoms. The van der Waals surface area contributed by atoms with Crippen LogP contribution in [0, 0.1) is 0 Å². The fourth-order valence-electron chi connectivity index (χ4n) is 4.40. The predicted molar refractivity (Wildman–Crippen MR) is 208 cm³/mol. The van der Waals surface area contributed by atoms with Gasteiger partial charge in [0.2, 0.25) is 20.0 Å². The Morgan fingerprint density at radius 2 is 1.22 bits per heavy atom. The van der Waals surface area contributed by atoms with E-state index in [2.05, 4.69) is 42.0 Å². The van der Waals surface area contributed by atoms with Crippen molar-refractivity contribution in [2.45, 2.75) is 34.2 Å². The van der Waals surface area contributed by atoms with E-state index in [0.29, 0.717) is 5.56 Å². The molecule has 0 unspecified atom stereocenters. The van der Waals surface area contributed by atoms with Crippen molar-refractivity contribution in [2.75, 3.05) is 0 Å². The fourth-order valence-corrected chi connectivity index (χ4v) is 7.24. The molecule has 0 aliphatic rings. The number of primary sulfonamides is 2. The van der Waals surface area contributed by atoms with Gasteiger partial charge >= 0.3 is 13.2 Å². The van der Waals surface area contributed by atoms with Crippen LogP contribution in [0.5, 0.6) is 0 Å². The minimum atomic E-state index is -3.99. The highest BCUT2D eigenvalue weighted by atomic mass is 35.6. The molecular formula is C34H33AlCl4N4O6S2. The van der Waals surface area contributed by atoms with E-state index < -0.39 is 38.5 Å². The van der Waals surface area contributed by atoms with Gasteiger partial charge in [0.1, 0.15) is 9.79 Å². The number of hydrogen-bond donors (Lipinski definition) is 4. The topological polar surface area (TPSA) is 186 Å². The van der Waals surface area contributed by atoms with Gasteiger partial charge in [-0.3, -0.25) is 19.6 Å². The zero-order valence-corrected chi connectivity index (χ0v) is 33.1. The summed E-state index contributed by atoms with van der Waals surface area (Å²) in [6.07, 6.45) is 3.54. The highest BCUT2D eigenvalue weighted by Gasteiger charge is 2.19. The Hall–Kier alpha value is -3.19. The van der Waals surface area contributed by atoms with Gasteiger partial charge in [-0.15, -0.1) is 0 Å². The summed E-state index contributed by atoms with van der Waals surface area (Å²) in [4.78, 5) is 28.9. The normalized spacial score (nSPS) is 11.0. The van der Waals surface area contributed by atoms with Crippen molar-refractivity contribution >= 4 is 111 Å². The molecule has 0 radical (unpaired) electrons. The highest BCUT2D eigenvalue weighted by Crippen LogP contribution is 2.26. The van der Waals surface area contributed by atoms with E-state index in [1.165, 1.54) is 51.8 Å². The summed E-state index contributed by atoms with van der Waals surface area (Å²) in [5.41, 5.74) is 2.72. The zero-order chi connectivity index (χ0) is 37.9. The van der Waals surface area contributed by atoms with Crippen LogP contribution in [0.3, 0.4) is 0 Å². The van der Waals surface area contributed by atoms with Crippen LogP contribution in [0.15, 0.2) is 113 Å². The third-order valence-electron chi connectivity index (χ3n) is 7.15. The maximum absolute atomic E-state index is 12.6. The number of H-pyrrole nitrogens is 2. The second kappa shape index (κ2) is 19.1. The maximum atomic E-state index is 12.6. The zero-order valence-electron chi connectivity index (χ0n) is 27.2. The number of benzene rings is 4. The molecule has 0 aliphatic heterocycles. The second-order valence-electron chi connectivity index (χ2n) is 10.7. The Kier molecular flexibility index (Phi) is 15.8. The van der Waals surface area contributed by atoms with Crippen molar-refractivity contribution in [3.8, 4) is 0 Å². The maximum Gasteiger partial charge on any atom is 0.399 e. The second-order valence-corrected chi connectivity index (χ2v) is 19.6. The van der Waals surface area contributed by atoms with Gasteiger partial charge in [-0.25, -0.2) is 27.1 Å². The minimum Gasteiger partial charge on any atom is -0.361 e. The molecule has 0 fully saturated rings. The van der Waals surface area contributed by atoms with Gasteiger partial charge in [0.25, 0.3) is 5.24 Å². The molecular weight excluding hydrogens is 793 g/mol. The van der Waals surface area contributed by atoms with Crippen LogP contribution in [0.2, 0.25) is 20.6 Å². The molecule has 0 saturated carbocycles. The number of rotatable bonds is 7. The number of nitrogens with two attached hydrogens (primary N) is 2. The first-order valence-electron chi connectivity index (χ1n) is 15.1. The van der Waals surface area contributed by atoms with Crippen LogP contribution >= 0.6 is 44.9 Å². The first-order valence-corrected chi connectivity index (χ1v) is 22.7. The lowest BCUT2D eigenvalue weighted by Crippen LogP contribution is -2.14. The summed E-state index contributed by atoms with van der Waals surface area (Å²) >= 11 is 15.9. The minimum absolute atomic E-state index is 0.0158. The van der Waals surface area contributed by atoms with Crippen molar-refractivity contribution < 1.29 is 26.4 Å². The number of ketones is 1. The van der Waals surface area contributed by atoms with Crippen LogP contribution in [-0.4, -0.2) is 51.1 Å². The van der Waals surface area contributed by atoms with Gasteiger partial charge < -0.3 is 9.97 Å². The number of fused-ring (bicyclic) bond motifs is 2. The average molecular weight is 827 g/mol. The Morgan fingerprint density at radius 3 is 1.73 bits per heavy atom. The van der Waals surface area contributed by atoms with Gasteiger partial charge in [0.05, 0.1) is 10.0 Å².